The number of aromatic hydroxyl groups is 1. The number of guanidine groups is 1. The first-order valence-electron chi connectivity index (χ1n) is 9.39. The average Bonchev–Trinajstić information content (AvgIpc) is 3.10. The zero-order valence-electron chi connectivity index (χ0n) is 16.1. The van der Waals surface area contributed by atoms with Crippen LogP contribution in [0.3, 0.4) is 0 Å². The highest BCUT2D eigenvalue weighted by molar-refractivity contribution is 14.0. The molecule has 1 aromatic rings. The van der Waals surface area contributed by atoms with Gasteiger partial charge in [0.2, 0.25) is 0 Å². The van der Waals surface area contributed by atoms with Crippen molar-refractivity contribution >= 4 is 29.9 Å². The maximum atomic E-state index is 9.31. The number of hydrogen-bond donors (Lipinski definition) is 3. The second-order valence-electron chi connectivity index (χ2n) is 7.07. The Morgan fingerprint density at radius 3 is 2.50 bits per heavy atom. The Morgan fingerprint density at radius 2 is 1.88 bits per heavy atom. The number of aryl methyl sites for hydroxylation is 1. The zero-order valence-corrected chi connectivity index (χ0v) is 18.4. The maximum absolute atomic E-state index is 9.31. The Balaban J connectivity index is 0.00000338. The summed E-state index contributed by atoms with van der Waals surface area (Å²) >= 11 is 0. The molecule has 0 atom stereocenters. The summed E-state index contributed by atoms with van der Waals surface area (Å²) < 4.78 is 5.30. The molecular formula is C20H34IN3O2. The number of benzene rings is 1. The largest absolute Gasteiger partial charge is 0.508 e. The van der Waals surface area contributed by atoms with Gasteiger partial charge in [0.05, 0.1) is 0 Å². The molecule has 0 radical (unpaired) electrons. The van der Waals surface area contributed by atoms with Gasteiger partial charge in [0, 0.05) is 33.9 Å². The molecule has 2 rings (SSSR count). The molecule has 26 heavy (non-hydrogen) atoms. The fourth-order valence-corrected chi connectivity index (χ4v) is 3.61. The van der Waals surface area contributed by atoms with E-state index in [4.69, 9.17) is 4.74 Å². The molecule has 0 heterocycles. The minimum atomic E-state index is 0. The van der Waals surface area contributed by atoms with Crippen molar-refractivity contribution in [2.75, 3.05) is 33.9 Å². The molecule has 0 bridgehead atoms. The highest BCUT2D eigenvalue weighted by Gasteiger charge is 2.33. The van der Waals surface area contributed by atoms with Crippen molar-refractivity contribution in [1.29, 1.82) is 0 Å². The predicted octanol–water partition coefficient (Wildman–Crippen LogP) is 3.70. The van der Waals surface area contributed by atoms with Crippen LogP contribution in [-0.2, 0) is 11.2 Å². The van der Waals surface area contributed by atoms with Crippen molar-refractivity contribution in [3.63, 3.8) is 0 Å². The lowest BCUT2D eigenvalue weighted by Gasteiger charge is -2.30. The van der Waals surface area contributed by atoms with Crippen LogP contribution in [0.5, 0.6) is 5.75 Å². The third-order valence-corrected chi connectivity index (χ3v) is 5.23. The molecule has 1 saturated carbocycles. The second kappa shape index (κ2) is 12.4. The summed E-state index contributed by atoms with van der Waals surface area (Å²) in [6.07, 6.45) is 8.34. The number of methoxy groups -OCH3 is 1. The Hall–Kier alpha value is -1.02. The maximum Gasteiger partial charge on any atom is 0.190 e. The van der Waals surface area contributed by atoms with E-state index >= 15 is 0 Å². The molecule has 0 aromatic heterocycles. The smallest absolute Gasteiger partial charge is 0.190 e. The number of nitrogens with zero attached hydrogens (tertiary/aromatic N) is 1. The minimum absolute atomic E-state index is 0. The Kier molecular flexibility index (Phi) is 11.0. The van der Waals surface area contributed by atoms with E-state index in [1.165, 1.54) is 31.2 Å². The van der Waals surface area contributed by atoms with E-state index in [2.05, 4.69) is 15.6 Å². The molecule has 1 aliphatic carbocycles. The van der Waals surface area contributed by atoms with Gasteiger partial charge in [-0.05, 0) is 55.2 Å². The third-order valence-electron chi connectivity index (χ3n) is 5.23. The average molecular weight is 475 g/mol. The van der Waals surface area contributed by atoms with Crippen LogP contribution < -0.4 is 10.6 Å². The number of nitrogens with one attached hydrogen (secondary N) is 2. The summed E-state index contributed by atoms with van der Waals surface area (Å²) in [5.74, 6) is 1.20. The molecule has 0 unspecified atom stereocenters. The van der Waals surface area contributed by atoms with E-state index in [0.717, 1.165) is 44.9 Å². The number of halogens is 1. The van der Waals surface area contributed by atoms with Gasteiger partial charge in [-0.15, -0.1) is 24.0 Å². The standard InChI is InChI=1S/C20H33N3O2.HI/c1-21-19(22-14-5-6-17-7-9-18(24)10-8-17)23-16-20(13-15-25-2)11-3-4-12-20;/h7-10,24H,3-6,11-16H2,1-2H3,(H2,21,22,23);1H. The van der Waals surface area contributed by atoms with Gasteiger partial charge >= 0.3 is 0 Å². The molecule has 3 N–H and O–H groups in total. The molecule has 0 amide bonds. The van der Waals surface area contributed by atoms with Gasteiger partial charge in [-0.2, -0.15) is 0 Å². The normalized spacial score (nSPS) is 16.2. The van der Waals surface area contributed by atoms with E-state index in [1.807, 2.05) is 19.2 Å². The van der Waals surface area contributed by atoms with Crippen LogP contribution in [-0.4, -0.2) is 44.9 Å². The lowest BCUT2D eigenvalue weighted by atomic mass is 9.83. The monoisotopic (exact) mass is 475 g/mol. The van der Waals surface area contributed by atoms with Crippen LogP contribution >= 0.6 is 24.0 Å². The van der Waals surface area contributed by atoms with Crippen molar-refractivity contribution in [2.24, 2.45) is 10.4 Å². The second-order valence-corrected chi connectivity index (χ2v) is 7.07. The van der Waals surface area contributed by atoms with E-state index < -0.39 is 0 Å². The van der Waals surface area contributed by atoms with Gasteiger partial charge in [0.25, 0.3) is 0 Å². The highest BCUT2D eigenvalue weighted by Crippen LogP contribution is 2.40. The lowest BCUT2D eigenvalue weighted by molar-refractivity contribution is 0.138. The van der Waals surface area contributed by atoms with Crippen LogP contribution in [0.15, 0.2) is 29.3 Å². The van der Waals surface area contributed by atoms with Gasteiger partial charge in [-0.25, -0.2) is 0 Å². The Bertz CT molecular complexity index is 528. The first-order chi connectivity index (χ1) is 12.2. The SMILES string of the molecule is CN=C(NCCCc1ccc(O)cc1)NCC1(CCOC)CCCC1.I. The highest BCUT2D eigenvalue weighted by atomic mass is 127. The van der Waals surface area contributed by atoms with Gasteiger partial charge in [-0.1, -0.05) is 25.0 Å². The predicted molar refractivity (Wildman–Crippen MR) is 119 cm³/mol. The van der Waals surface area contributed by atoms with Gasteiger partial charge in [0.1, 0.15) is 5.75 Å². The summed E-state index contributed by atoms with van der Waals surface area (Å²) in [4.78, 5) is 4.35. The van der Waals surface area contributed by atoms with Crippen LogP contribution in [0.2, 0.25) is 0 Å². The summed E-state index contributed by atoms with van der Waals surface area (Å²) in [6, 6.07) is 7.43. The topological polar surface area (TPSA) is 65.9 Å². The summed E-state index contributed by atoms with van der Waals surface area (Å²) in [7, 11) is 3.61. The quantitative estimate of drug-likeness (QED) is 0.221. The molecule has 5 nitrogen and oxygen atoms in total. The molecular weight excluding hydrogens is 441 g/mol. The van der Waals surface area contributed by atoms with Gasteiger partial charge in [0.15, 0.2) is 5.96 Å². The van der Waals surface area contributed by atoms with Crippen LogP contribution in [0, 0.1) is 5.41 Å². The fourth-order valence-electron chi connectivity index (χ4n) is 3.61. The van der Waals surface area contributed by atoms with Crippen LogP contribution in [0.25, 0.3) is 0 Å². The van der Waals surface area contributed by atoms with Crippen LogP contribution in [0.1, 0.15) is 44.1 Å². The molecule has 148 valence electrons. The van der Waals surface area contributed by atoms with Gasteiger partial charge in [-0.3, -0.25) is 4.99 Å². The Morgan fingerprint density at radius 1 is 1.19 bits per heavy atom. The van der Waals surface area contributed by atoms with E-state index in [0.29, 0.717) is 11.2 Å². The van der Waals surface area contributed by atoms with Gasteiger partial charge < -0.3 is 20.5 Å². The number of aliphatic imine (C=N–C) groups is 1. The van der Waals surface area contributed by atoms with E-state index in [-0.39, 0.29) is 24.0 Å². The van der Waals surface area contributed by atoms with Crippen LogP contribution in [0.4, 0.5) is 0 Å². The first-order valence-corrected chi connectivity index (χ1v) is 9.39. The number of phenols is 1. The molecule has 1 aromatic carbocycles. The van der Waals surface area contributed by atoms with Crippen molar-refractivity contribution in [2.45, 2.75) is 44.9 Å². The number of rotatable bonds is 9. The number of hydrogen-bond acceptors (Lipinski definition) is 3. The van der Waals surface area contributed by atoms with Crippen molar-refractivity contribution in [1.82, 2.24) is 10.6 Å². The van der Waals surface area contributed by atoms with Crippen molar-refractivity contribution < 1.29 is 9.84 Å². The zero-order chi connectivity index (χ0) is 18.0. The van der Waals surface area contributed by atoms with E-state index in [9.17, 15) is 5.11 Å². The molecule has 1 fully saturated rings. The van der Waals surface area contributed by atoms with Crippen molar-refractivity contribution in [3.05, 3.63) is 29.8 Å². The molecule has 0 aliphatic heterocycles. The number of phenolic OH excluding ortho intramolecular Hbond substituents is 1. The molecule has 0 saturated heterocycles. The summed E-state index contributed by atoms with van der Waals surface area (Å²) in [5.41, 5.74) is 1.60. The minimum Gasteiger partial charge on any atom is -0.508 e. The fraction of sp³-hybridized carbons (Fsp3) is 0.650. The molecule has 6 heteroatoms. The lowest BCUT2D eigenvalue weighted by Crippen LogP contribution is -2.43. The number of ether oxygens (including phenoxy) is 1. The first kappa shape index (κ1) is 23.0. The van der Waals surface area contributed by atoms with Crippen molar-refractivity contribution in [3.8, 4) is 5.75 Å². The summed E-state index contributed by atoms with van der Waals surface area (Å²) in [5, 5.41) is 16.2. The summed E-state index contributed by atoms with van der Waals surface area (Å²) in [6.45, 7) is 2.68. The Labute approximate surface area is 175 Å². The third kappa shape index (κ3) is 7.70. The van der Waals surface area contributed by atoms with E-state index in [1.54, 1.807) is 19.2 Å². The molecule has 1 aliphatic rings. The molecule has 0 spiro atoms.